The smallest absolute Gasteiger partial charge is 0.327 e. The van der Waals surface area contributed by atoms with Crippen LogP contribution < -0.4 is 0 Å². The summed E-state index contributed by atoms with van der Waals surface area (Å²) in [5.74, 6) is 1.12. The number of carbonyl (C=O) groups is 4. The molecule has 4 aromatic carbocycles. The first kappa shape index (κ1) is 60.3. The van der Waals surface area contributed by atoms with E-state index in [-0.39, 0.29) is 75.8 Å². The Morgan fingerprint density at radius 1 is 0.480 bits per heavy atom. The zero-order chi connectivity index (χ0) is 55.4. The molecule has 4 fully saturated rings. The minimum atomic E-state index is -0.577. The summed E-state index contributed by atoms with van der Waals surface area (Å²) in [6.07, 6.45) is -1.47. The molecule has 21 nitrogen and oxygen atoms in total. The van der Waals surface area contributed by atoms with Crippen molar-refractivity contribution in [2.24, 2.45) is 0 Å². The number of amides is 8. The van der Waals surface area contributed by atoms with Crippen LogP contribution in [0.3, 0.4) is 0 Å². The lowest BCUT2D eigenvalue weighted by atomic mass is 10.0. The van der Waals surface area contributed by atoms with Crippen LogP contribution in [0, 0.1) is 34.8 Å². The number of nitrogens with zero attached hydrogens (tertiary/aromatic N) is 8. The van der Waals surface area contributed by atoms with Crippen LogP contribution in [0.2, 0.25) is 0 Å². The number of hydrogen-bond acceptors (Lipinski definition) is 13. The second kappa shape index (κ2) is 27.5. The van der Waals surface area contributed by atoms with Gasteiger partial charge in [0.05, 0.1) is 6.54 Å². The Kier molecular flexibility index (Phi) is 22.1. The molecule has 0 bridgehead atoms. The molecule has 23 heteroatoms. The van der Waals surface area contributed by atoms with Crippen LogP contribution in [0.4, 0.5) is 19.2 Å². The highest BCUT2D eigenvalue weighted by atomic mass is 127. The molecular weight excluding hydrogens is 1200 g/mol. The molecule has 0 spiro atoms. The molecule has 4 saturated heterocycles. The number of rotatable bonds is 16. The lowest BCUT2D eigenvalue weighted by Gasteiger charge is -2.30. The summed E-state index contributed by atoms with van der Waals surface area (Å²) in [6, 6.07) is 19.2. The Labute approximate surface area is 466 Å². The largest absolute Gasteiger partial charge is 0.508 e. The Morgan fingerprint density at radius 2 is 0.920 bits per heavy atom. The monoisotopic (exact) mass is 1270 g/mol. The summed E-state index contributed by atoms with van der Waals surface area (Å²) in [5.41, 5.74) is 6.02. The molecule has 8 amide bonds. The number of likely N-dealkylation sites (N-methyl/N-ethyl adjacent to an activating group) is 1. The van der Waals surface area contributed by atoms with Gasteiger partial charge >= 0.3 is 24.1 Å². The summed E-state index contributed by atoms with van der Waals surface area (Å²) >= 11 is 4.35. The third kappa shape index (κ3) is 13.5. The van der Waals surface area contributed by atoms with Gasteiger partial charge in [-0.05, 0) is 150 Å². The van der Waals surface area contributed by atoms with E-state index in [0.717, 1.165) is 40.5 Å². The Morgan fingerprint density at radius 3 is 1.33 bits per heavy atom. The SMILES string of the molecule is CCc1c(I)ccc(CN2C(=O)N(CC)C3C2N(COC)C(=O)N3Cc2cc(C)c(O)cc2C)c1O.COCN1C(=O)N(COC)C2C1N(COC)C(=O)N2COC.Cc1ccc(C)c(O)c1.Oc1cccc(I)c1. The lowest BCUT2D eigenvalue weighted by Crippen LogP contribution is -2.48. The molecule has 410 valence electrons. The van der Waals surface area contributed by atoms with Crippen molar-refractivity contribution >= 4 is 69.3 Å². The Balaban J connectivity index is 0.000000222. The van der Waals surface area contributed by atoms with E-state index in [1.54, 1.807) is 43.9 Å². The van der Waals surface area contributed by atoms with Gasteiger partial charge in [0.2, 0.25) is 0 Å². The molecule has 0 aliphatic carbocycles. The number of hydrogen-bond donors (Lipinski definition) is 4. The molecule has 4 N–H and O–H groups in total. The van der Waals surface area contributed by atoms with Crippen LogP contribution in [0.1, 0.15) is 52.8 Å². The average Bonchev–Trinajstić information content (AvgIpc) is 3.99. The van der Waals surface area contributed by atoms with E-state index in [1.807, 2.05) is 84.0 Å². The third-order valence-electron chi connectivity index (χ3n) is 12.9. The molecule has 0 radical (unpaired) electrons. The number of benzene rings is 4. The van der Waals surface area contributed by atoms with E-state index >= 15 is 0 Å². The van der Waals surface area contributed by atoms with Crippen LogP contribution in [-0.2, 0) is 43.2 Å². The Hall–Kier alpha value is -5.58. The van der Waals surface area contributed by atoms with Crippen molar-refractivity contribution < 1.29 is 63.3 Å². The van der Waals surface area contributed by atoms with Gasteiger partial charge < -0.3 is 49.0 Å². The Bertz CT molecular complexity index is 2550. The van der Waals surface area contributed by atoms with Gasteiger partial charge in [0.1, 0.15) is 62.8 Å². The van der Waals surface area contributed by atoms with E-state index in [9.17, 15) is 29.4 Å². The van der Waals surface area contributed by atoms with Gasteiger partial charge in [-0.25, -0.2) is 19.2 Å². The predicted octanol–water partition coefficient (Wildman–Crippen LogP) is 7.87. The maximum Gasteiger partial charge on any atom is 0.327 e. The van der Waals surface area contributed by atoms with Crippen molar-refractivity contribution in [1.29, 1.82) is 0 Å². The first-order valence-electron chi connectivity index (χ1n) is 24.0. The average molecular weight is 1270 g/mol. The van der Waals surface area contributed by atoms with E-state index in [4.69, 9.17) is 33.9 Å². The number of phenols is 4. The highest BCUT2D eigenvalue weighted by Gasteiger charge is 2.60. The van der Waals surface area contributed by atoms with Crippen molar-refractivity contribution in [2.45, 2.75) is 85.7 Å². The number of methoxy groups -OCH3 is 5. The molecular formula is C52H70I2N8O13. The molecule has 75 heavy (non-hydrogen) atoms. The van der Waals surface area contributed by atoms with Crippen molar-refractivity contribution in [1.82, 2.24) is 39.2 Å². The molecule has 4 aliphatic rings. The minimum Gasteiger partial charge on any atom is -0.508 e. The predicted molar refractivity (Wildman–Crippen MR) is 295 cm³/mol. The third-order valence-corrected chi connectivity index (χ3v) is 14.6. The zero-order valence-electron chi connectivity index (χ0n) is 44.3. The van der Waals surface area contributed by atoms with Crippen LogP contribution >= 0.6 is 45.2 Å². The summed E-state index contributed by atoms with van der Waals surface area (Å²) in [5, 5.41) is 38.9. The van der Waals surface area contributed by atoms with Crippen molar-refractivity contribution in [3.8, 4) is 23.0 Å². The van der Waals surface area contributed by atoms with E-state index in [1.165, 1.54) is 55.1 Å². The van der Waals surface area contributed by atoms with E-state index in [0.29, 0.717) is 36.6 Å². The summed E-state index contributed by atoms with van der Waals surface area (Å²) in [4.78, 5) is 64.9. The molecule has 0 aromatic heterocycles. The van der Waals surface area contributed by atoms with E-state index in [2.05, 4.69) is 45.2 Å². The molecule has 4 aromatic rings. The second-order valence-corrected chi connectivity index (χ2v) is 20.4. The van der Waals surface area contributed by atoms with Crippen molar-refractivity contribution in [2.75, 3.05) is 75.7 Å². The number of halogens is 2. The van der Waals surface area contributed by atoms with Crippen LogP contribution in [0.15, 0.2) is 66.7 Å². The van der Waals surface area contributed by atoms with Gasteiger partial charge in [0, 0.05) is 66.9 Å². The molecule has 4 heterocycles. The molecule has 0 saturated carbocycles. The topological polar surface area (TPSA) is 221 Å². The number of carbonyl (C=O) groups excluding carboxylic acids is 4. The molecule has 2 atom stereocenters. The van der Waals surface area contributed by atoms with Gasteiger partial charge in [-0.2, -0.15) is 0 Å². The number of aryl methyl sites for hydroxylation is 4. The van der Waals surface area contributed by atoms with Crippen LogP contribution in [-0.4, -0.2) is 184 Å². The minimum absolute atomic E-state index is 0.0320. The first-order valence-corrected chi connectivity index (χ1v) is 26.1. The zero-order valence-corrected chi connectivity index (χ0v) is 48.6. The standard InChI is InChI=1S/C26H33IN4O5.C12H22N4O6.C8H10O.C6H5IO/c1-6-19-20(27)9-8-17(22(19)33)12-29-24-23(28(7-2)25(29)34)30(26(35)31(24)14-36-5)13-18-10-16(4)21(32)11-15(18)3;1-19-5-13-9-10(15(7-21-3)11(13)17)16(8-22-4)12(18)14(9)6-20-2;1-6-3-4-7(2)8(9)5-6;7-5-2-1-3-6(8)4-5/h8-11,23-24,32-33H,6-7,12-14H2,1-5H3;9-10H,5-8H2,1-4H3;3-5,9H,1-2H3;1-4,8H. The molecule has 4 aliphatic heterocycles. The van der Waals surface area contributed by atoms with Crippen molar-refractivity contribution in [3.05, 3.63) is 113 Å². The summed E-state index contributed by atoms with van der Waals surface area (Å²) < 4.78 is 27.8. The fraction of sp³-hybridized carbons (Fsp3) is 0.462. The summed E-state index contributed by atoms with van der Waals surface area (Å²) in [6.45, 7) is 12.6. The number of phenolic OH excluding ortho intramolecular Hbond substituents is 4. The fourth-order valence-electron chi connectivity index (χ4n) is 9.24. The number of aromatic hydroxyl groups is 4. The summed E-state index contributed by atoms with van der Waals surface area (Å²) in [7, 11) is 7.49. The first-order chi connectivity index (χ1) is 35.7. The molecule has 8 rings (SSSR count). The number of fused-ring (bicyclic) bond motifs is 2. The highest BCUT2D eigenvalue weighted by molar-refractivity contribution is 14.1. The highest BCUT2D eigenvalue weighted by Crippen LogP contribution is 2.40. The number of urea groups is 4. The van der Waals surface area contributed by atoms with Crippen LogP contribution in [0.25, 0.3) is 0 Å². The van der Waals surface area contributed by atoms with Gasteiger partial charge in [0.15, 0.2) is 18.5 Å². The second-order valence-electron chi connectivity index (χ2n) is 18.0. The van der Waals surface area contributed by atoms with Crippen molar-refractivity contribution in [3.63, 3.8) is 0 Å². The quantitative estimate of drug-likeness (QED) is 0.0786. The lowest BCUT2D eigenvalue weighted by molar-refractivity contribution is -0.0135. The van der Waals surface area contributed by atoms with Gasteiger partial charge in [0.25, 0.3) is 0 Å². The fourth-order valence-corrected chi connectivity index (χ4v) is 10.6. The molecule has 2 unspecified atom stereocenters. The maximum absolute atomic E-state index is 13.7. The normalized spacial score (nSPS) is 18.8. The number of ether oxygens (including phenoxy) is 5. The van der Waals surface area contributed by atoms with Gasteiger partial charge in [-0.1, -0.05) is 37.3 Å². The van der Waals surface area contributed by atoms with E-state index < -0.39 is 24.7 Å². The van der Waals surface area contributed by atoms with Crippen LogP contribution in [0.5, 0.6) is 23.0 Å². The van der Waals surface area contributed by atoms with Gasteiger partial charge in [-0.3, -0.25) is 34.3 Å². The van der Waals surface area contributed by atoms with Gasteiger partial charge in [-0.15, -0.1) is 0 Å². The maximum atomic E-state index is 13.7.